The molecule has 250 valence electrons. The van der Waals surface area contributed by atoms with Crippen molar-refractivity contribution in [3.63, 3.8) is 0 Å². The number of nitrogens with zero attached hydrogens (tertiary/aromatic N) is 2. The summed E-state index contributed by atoms with van der Waals surface area (Å²) in [4.78, 5) is 2.50. The summed E-state index contributed by atoms with van der Waals surface area (Å²) >= 11 is 0. The number of aromatic nitrogens is 1. The molecule has 1 aromatic heterocycles. The van der Waals surface area contributed by atoms with Crippen LogP contribution in [0.2, 0.25) is 0 Å². The fraction of sp³-hybridized carbons (Fsp3) is 0.200. The Labute approximate surface area is 305 Å². The molecule has 1 heterocycles. The van der Waals surface area contributed by atoms with Gasteiger partial charge in [0.1, 0.15) is 0 Å². The molecule has 7 aromatic carbocycles. The van der Waals surface area contributed by atoms with Crippen LogP contribution in [-0.4, -0.2) is 4.57 Å². The second-order valence-electron chi connectivity index (χ2n) is 16.2. The third-order valence-electron chi connectivity index (χ3n) is 13.7. The first kappa shape index (κ1) is 29.0. The van der Waals surface area contributed by atoms with Gasteiger partial charge in [-0.3, -0.25) is 0 Å². The monoisotopic (exact) mass is 668 g/mol. The van der Waals surface area contributed by atoms with Crippen LogP contribution in [0.5, 0.6) is 0 Å². The van der Waals surface area contributed by atoms with Gasteiger partial charge in [0.15, 0.2) is 0 Å². The van der Waals surface area contributed by atoms with Gasteiger partial charge >= 0.3 is 0 Å². The molecule has 0 unspecified atom stereocenters. The van der Waals surface area contributed by atoms with E-state index in [-0.39, 0.29) is 5.41 Å². The van der Waals surface area contributed by atoms with Crippen LogP contribution in [0.15, 0.2) is 158 Å². The lowest BCUT2D eigenvalue weighted by Crippen LogP contribution is -2.55. The molecule has 5 aliphatic carbocycles. The number of fused-ring (bicyclic) bond motifs is 7. The van der Waals surface area contributed by atoms with Crippen molar-refractivity contribution in [1.82, 2.24) is 4.57 Å². The Kier molecular flexibility index (Phi) is 5.98. The average molecular weight is 669 g/mol. The predicted molar refractivity (Wildman–Crippen MR) is 216 cm³/mol. The van der Waals surface area contributed by atoms with Crippen molar-refractivity contribution in [3.8, 4) is 16.8 Å². The van der Waals surface area contributed by atoms with Gasteiger partial charge < -0.3 is 9.47 Å². The van der Waals surface area contributed by atoms with Crippen LogP contribution in [0.1, 0.15) is 43.2 Å². The highest BCUT2D eigenvalue weighted by molar-refractivity contribution is 6.10. The zero-order valence-electron chi connectivity index (χ0n) is 29.3. The topological polar surface area (TPSA) is 8.17 Å². The molecule has 8 aromatic rings. The molecule has 0 saturated heterocycles. The molecule has 0 radical (unpaired) electrons. The van der Waals surface area contributed by atoms with Crippen LogP contribution >= 0.6 is 0 Å². The third kappa shape index (κ3) is 3.90. The summed E-state index contributed by atoms with van der Waals surface area (Å²) in [7, 11) is 0. The van der Waals surface area contributed by atoms with E-state index in [9.17, 15) is 0 Å². The van der Waals surface area contributed by atoms with Crippen molar-refractivity contribution in [2.75, 3.05) is 4.90 Å². The van der Waals surface area contributed by atoms with Crippen LogP contribution in [0.3, 0.4) is 0 Å². The fourth-order valence-electron chi connectivity index (χ4n) is 12.0. The maximum Gasteiger partial charge on any atom is 0.0561 e. The van der Waals surface area contributed by atoms with Gasteiger partial charge in [0.25, 0.3) is 0 Å². The Morgan fingerprint density at radius 1 is 0.442 bits per heavy atom. The van der Waals surface area contributed by atoms with E-state index in [1.807, 2.05) is 0 Å². The molecule has 4 fully saturated rings. The Morgan fingerprint density at radius 3 is 1.90 bits per heavy atom. The second kappa shape index (κ2) is 10.7. The Morgan fingerprint density at radius 2 is 1.06 bits per heavy atom. The van der Waals surface area contributed by atoms with E-state index >= 15 is 0 Å². The highest BCUT2D eigenvalue weighted by Crippen LogP contribution is 2.69. The smallest absolute Gasteiger partial charge is 0.0561 e. The van der Waals surface area contributed by atoms with E-state index < -0.39 is 0 Å². The van der Waals surface area contributed by atoms with E-state index in [2.05, 4.69) is 167 Å². The SMILES string of the molecule is c1ccc(-n2c3ccccc3c3ccc(N(c4ccc5c(c4)-c4ccccc4C54C5CC6CC(C5)CC4C6)c4ccc5ccccc5c4)cc32)cc1. The van der Waals surface area contributed by atoms with E-state index in [4.69, 9.17) is 0 Å². The Bertz CT molecular complexity index is 2690. The van der Waals surface area contributed by atoms with E-state index in [1.165, 1.54) is 98.6 Å². The summed E-state index contributed by atoms with van der Waals surface area (Å²) in [6.07, 6.45) is 7.09. The Hall–Kier alpha value is -5.60. The number of hydrogen-bond donors (Lipinski definition) is 0. The van der Waals surface area contributed by atoms with Gasteiger partial charge in [-0.15, -0.1) is 0 Å². The predicted octanol–water partition coefficient (Wildman–Crippen LogP) is 13.1. The van der Waals surface area contributed by atoms with Crippen LogP contribution in [0.4, 0.5) is 17.1 Å². The van der Waals surface area contributed by atoms with Gasteiger partial charge in [0.05, 0.1) is 11.0 Å². The number of rotatable bonds is 4. The number of anilines is 3. The molecule has 0 amide bonds. The molecule has 4 saturated carbocycles. The Balaban J connectivity index is 1.09. The normalized spacial score (nSPS) is 23.8. The van der Waals surface area contributed by atoms with Crippen LogP contribution < -0.4 is 4.90 Å². The largest absolute Gasteiger partial charge is 0.310 e. The molecular weight excluding hydrogens is 629 g/mol. The first-order valence-electron chi connectivity index (χ1n) is 19.4. The molecule has 2 heteroatoms. The fourth-order valence-corrected chi connectivity index (χ4v) is 12.0. The zero-order valence-corrected chi connectivity index (χ0v) is 29.3. The summed E-state index contributed by atoms with van der Waals surface area (Å²) in [6, 6.07) is 59.4. The standard InChI is InChI=1S/C50H40N2/c1-2-12-38(13-3-1)52-48-17-9-7-15-43(48)44-22-20-41(31-49(44)52)51(39-19-18-34-10-4-5-11-35(34)29-39)40-21-23-47-45(30-40)42-14-6-8-16-46(42)50(47)36-25-32-24-33(27-36)28-37(50)26-32/h1-23,29-33,36-37H,24-28H2. The van der Waals surface area contributed by atoms with Crippen molar-refractivity contribution >= 4 is 49.6 Å². The first-order valence-corrected chi connectivity index (χ1v) is 19.4. The van der Waals surface area contributed by atoms with Crippen LogP contribution in [0.25, 0.3) is 49.4 Å². The van der Waals surface area contributed by atoms with Crippen molar-refractivity contribution < 1.29 is 0 Å². The molecule has 13 rings (SSSR count). The lowest BCUT2D eigenvalue weighted by Gasteiger charge is -2.61. The van der Waals surface area contributed by atoms with Crippen molar-refractivity contribution in [2.24, 2.45) is 23.7 Å². The first-order chi connectivity index (χ1) is 25.7. The quantitative estimate of drug-likeness (QED) is 0.181. The third-order valence-corrected chi connectivity index (χ3v) is 13.7. The molecule has 52 heavy (non-hydrogen) atoms. The number of hydrogen-bond acceptors (Lipinski definition) is 1. The average Bonchev–Trinajstić information content (AvgIpc) is 3.67. The lowest BCUT2D eigenvalue weighted by atomic mass is 9.43. The van der Waals surface area contributed by atoms with Crippen molar-refractivity contribution in [2.45, 2.75) is 37.5 Å². The van der Waals surface area contributed by atoms with Crippen molar-refractivity contribution in [3.05, 3.63) is 169 Å². The van der Waals surface area contributed by atoms with E-state index in [0.29, 0.717) is 0 Å². The minimum Gasteiger partial charge on any atom is -0.310 e. The van der Waals surface area contributed by atoms with Gasteiger partial charge in [-0.05, 0) is 143 Å². The van der Waals surface area contributed by atoms with Gasteiger partial charge in [-0.2, -0.15) is 0 Å². The second-order valence-corrected chi connectivity index (χ2v) is 16.2. The van der Waals surface area contributed by atoms with E-state index in [0.717, 1.165) is 23.7 Å². The highest BCUT2D eigenvalue weighted by Gasteiger charge is 2.61. The van der Waals surface area contributed by atoms with E-state index in [1.54, 1.807) is 11.1 Å². The minimum atomic E-state index is 0.168. The minimum absolute atomic E-state index is 0.168. The number of para-hydroxylation sites is 2. The van der Waals surface area contributed by atoms with Gasteiger partial charge in [0, 0.05) is 38.9 Å². The van der Waals surface area contributed by atoms with Crippen LogP contribution in [-0.2, 0) is 5.41 Å². The van der Waals surface area contributed by atoms with Gasteiger partial charge in [0.2, 0.25) is 0 Å². The lowest BCUT2D eigenvalue weighted by molar-refractivity contribution is -0.0399. The molecule has 2 nitrogen and oxygen atoms in total. The molecule has 0 aliphatic heterocycles. The van der Waals surface area contributed by atoms with Gasteiger partial charge in [-0.1, -0.05) is 103 Å². The highest BCUT2D eigenvalue weighted by atomic mass is 15.1. The molecule has 4 bridgehead atoms. The summed E-state index contributed by atoms with van der Waals surface area (Å²) in [6.45, 7) is 0. The molecule has 5 aliphatic rings. The van der Waals surface area contributed by atoms with Gasteiger partial charge in [-0.25, -0.2) is 0 Å². The summed E-state index contributed by atoms with van der Waals surface area (Å²) < 4.78 is 2.43. The summed E-state index contributed by atoms with van der Waals surface area (Å²) in [5.74, 6) is 3.40. The maximum absolute atomic E-state index is 2.56. The molecule has 1 spiro atoms. The summed E-state index contributed by atoms with van der Waals surface area (Å²) in [5.41, 5.74) is 13.5. The number of benzene rings is 7. The molecule has 0 N–H and O–H groups in total. The maximum atomic E-state index is 2.56. The van der Waals surface area contributed by atoms with Crippen molar-refractivity contribution in [1.29, 1.82) is 0 Å². The molecular formula is C50H40N2. The summed E-state index contributed by atoms with van der Waals surface area (Å²) in [5, 5.41) is 5.06. The molecule has 0 atom stereocenters. The van der Waals surface area contributed by atoms with Crippen LogP contribution in [0, 0.1) is 23.7 Å². The zero-order chi connectivity index (χ0) is 34.0.